The molecule has 0 aromatic carbocycles. The molecule has 2 unspecified atom stereocenters. The van der Waals surface area contributed by atoms with Crippen molar-refractivity contribution in [2.24, 2.45) is 11.7 Å². The number of methoxy groups -OCH3 is 1. The summed E-state index contributed by atoms with van der Waals surface area (Å²) in [5.41, 5.74) is 5.78. The Morgan fingerprint density at radius 3 is 2.54 bits per heavy atom. The molecular weight excluding hydrogens is 166 g/mol. The van der Waals surface area contributed by atoms with Gasteiger partial charge in [-0.3, -0.25) is 0 Å². The lowest BCUT2D eigenvalue weighted by molar-refractivity contribution is 0.0328. The van der Waals surface area contributed by atoms with Crippen LogP contribution in [0.2, 0.25) is 0 Å². The molecule has 13 heavy (non-hydrogen) atoms. The number of aliphatic hydroxyl groups is 1. The first-order valence-corrected chi connectivity index (χ1v) is 5.18. The van der Waals surface area contributed by atoms with Gasteiger partial charge in [0.2, 0.25) is 0 Å². The highest BCUT2D eigenvalue weighted by molar-refractivity contribution is 4.80. The quantitative estimate of drug-likeness (QED) is 0.687. The molecule has 0 aliphatic heterocycles. The fourth-order valence-electron chi connectivity index (χ4n) is 2.12. The summed E-state index contributed by atoms with van der Waals surface area (Å²) in [5.74, 6) is 0.402. The maximum Gasteiger partial charge on any atom is 0.0741 e. The summed E-state index contributed by atoms with van der Waals surface area (Å²) < 4.78 is 4.93. The van der Waals surface area contributed by atoms with Crippen molar-refractivity contribution in [1.29, 1.82) is 0 Å². The van der Waals surface area contributed by atoms with Crippen molar-refractivity contribution in [2.75, 3.05) is 13.7 Å². The molecule has 2 atom stereocenters. The maximum atomic E-state index is 9.87. The molecule has 3 nitrogen and oxygen atoms in total. The lowest BCUT2D eigenvalue weighted by Crippen LogP contribution is -2.43. The van der Waals surface area contributed by atoms with E-state index >= 15 is 0 Å². The number of hydrogen-bond donors (Lipinski definition) is 2. The Balaban J connectivity index is 2.31. The zero-order chi connectivity index (χ0) is 9.68. The molecule has 0 saturated heterocycles. The van der Waals surface area contributed by atoms with E-state index in [0.717, 1.165) is 12.8 Å². The van der Waals surface area contributed by atoms with Crippen molar-refractivity contribution >= 4 is 0 Å². The van der Waals surface area contributed by atoms with E-state index in [1.807, 2.05) is 0 Å². The van der Waals surface area contributed by atoms with E-state index < -0.39 is 0 Å². The number of nitrogens with two attached hydrogens (primary N) is 1. The van der Waals surface area contributed by atoms with Gasteiger partial charge < -0.3 is 15.6 Å². The highest BCUT2D eigenvalue weighted by Gasteiger charge is 2.26. The first kappa shape index (κ1) is 11.0. The molecular formula is C10H21NO2. The van der Waals surface area contributed by atoms with Crippen LogP contribution in [0.15, 0.2) is 0 Å². The molecule has 0 heterocycles. The minimum atomic E-state index is -0.375. The summed E-state index contributed by atoms with van der Waals surface area (Å²) in [6, 6.07) is -0.215. The van der Waals surface area contributed by atoms with Gasteiger partial charge in [0.1, 0.15) is 0 Å². The van der Waals surface area contributed by atoms with Crippen molar-refractivity contribution in [3.05, 3.63) is 0 Å². The first-order chi connectivity index (χ1) is 6.25. The first-order valence-electron chi connectivity index (χ1n) is 5.18. The van der Waals surface area contributed by atoms with Crippen molar-refractivity contribution < 1.29 is 9.84 Å². The van der Waals surface area contributed by atoms with Gasteiger partial charge in [-0.1, -0.05) is 19.3 Å². The van der Waals surface area contributed by atoms with Gasteiger partial charge in [0, 0.05) is 7.11 Å². The normalized spacial score (nSPS) is 24.2. The number of hydrogen-bond acceptors (Lipinski definition) is 3. The van der Waals surface area contributed by atoms with Crippen LogP contribution in [0, 0.1) is 5.92 Å². The number of aliphatic hydroxyl groups excluding tert-OH is 1. The van der Waals surface area contributed by atoms with E-state index in [9.17, 15) is 5.11 Å². The molecule has 0 aromatic heterocycles. The van der Waals surface area contributed by atoms with E-state index in [1.54, 1.807) is 7.11 Å². The summed E-state index contributed by atoms with van der Waals surface area (Å²) in [5, 5.41) is 9.87. The SMILES string of the molecule is COCC(N)C(O)C1CCCCC1. The summed E-state index contributed by atoms with van der Waals surface area (Å²) in [7, 11) is 1.62. The van der Waals surface area contributed by atoms with Crippen LogP contribution in [-0.4, -0.2) is 31.0 Å². The van der Waals surface area contributed by atoms with Gasteiger partial charge in [0.25, 0.3) is 0 Å². The smallest absolute Gasteiger partial charge is 0.0741 e. The lowest BCUT2D eigenvalue weighted by atomic mass is 9.83. The molecule has 1 rings (SSSR count). The molecule has 0 radical (unpaired) electrons. The molecule has 0 spiro atoms. The predicted molar refractivity (Wildman–Crippen MR) is 52.4 cm³/mol. The van der Waals surface area contributed by atoms with Crippen molar-refractivity contribution in [1.82, 2.24) is 0 Å². The molecule has 3 heteroatoms. The zero-order valence-corrected chi connectivity index (χ0v) is 8.41. The van der Waals surface area contributed by atoms with Gasteiger partial charge in [-0.05, 0) is 18.8 Å². The molecule has 78 valence electrons. The van der Waals surface area contributed by atoms with E-state index in [0.29, 0.717) is 12.5 Å². The molecule has 1 aliphatic carbocycles. The Bertz CT molecular complexity index is 135. The minimum absolute atomic E-state index is 0.215. The minimum Gasteiger partial charge on any atom is -0.391 e. The highest BCUT2D eigenvalue weighted by Crippen LogP contribution is 2.27. The Kier molecular flexibility index (Phi) is 4.70. The third-order valence-electron chi connectivity index (χ3n) is 2.93. The fraction of sp³-hybridized carbons (Fsp3) is 1.00. The summed E-state index contributed by atoms with van der Waals surface area (Å²) >= 11 is 0. The van der Waals surface area contributed by atoms with Crippen LogP contribution >= 0.6 is 0 Å². The van der Waals surface area contributed by atoms with Crippen LogP contribution < -0.4 is 5.73 Å². The molecule has 0 bridgehead atoms. The summed E-state index contributed by atoms with van der Waals surface area (Å²) in [6.07, 6.45) is 5.66. The Morgan fingerprint density at radius 2 is 2.00 bits per heavy atom. The van der Waals surface area contributed by atoms with Gasteiger partial charge >= 0.3 is 0 Å². The Labute approximate surface area is 80.3 Å². The summed E-state index contributed by atoms with van der Waals surface area (Å²) in [6.45, 7) is 0.456. The van der Waals surface area contributed by atoms with Gasteiger partial charge in [0.15, 0.2) is 0 Å². The lowest BCUT2D eigenvalue weighted by Gasteiger charge is -2.29. The monoisotopic (exact) mass is 187 g/mol. The Morgan fingerprint density at radius 1 is 1.38 bits per heavy atom. The van der Waals surface area contributed by atoms with Gasteiger partial charge in [-0.2, -0.15) is 0 Å². The van der Waals surface area contributed by atoms with Crippen molar-refractivity contribution in [2.45, 2.75) is 44.2 Å². The Hall–Kier alpha value is -0.120. The van der Waals surface area contributed by atoms with Crippen LogP contribution in [0.25, 0.3) is 0 Å². The van der Waals surface area contributed by atoms with Crippen LogP contribution in [0.5, 0.6) is 0 Å². The highest BCUT2D eigenvalue weighted by atomic mass is 16.5. The van der Waals surface area contributed by atoms with Crippen molar-refractivity contribution in [3.63, 3.8) is 0 Å². The fourth-order valence-corrected chi connectivity index (χ4v) is 2.12. The van der Waals surface area contributed by atoms with Crippen molar-refractivity contribution in [3.8, 4) is 0 Å². The van der Waals surface area contributed by atoms with Crippen LogP contribution in [0.1, 0.15) is 32.1 Å². The van der Waals surface area contributed by atoms with Gasteiger partial charge in [-0.25, -0.2) is 0 Å². The molecule has 3 N–H and O–H groups in total. The standard InChI is InChI=1S/C10H21NO2/c1-13-7-9(11)10(12)8-5-3-2-4-6-8/h8-10,12H,2-7,11H2,1H3. The van der Waals surface area contributed by atoms with E-state index in [4.69, 9.17) is 10.5 Å². The van der Waals surface area contributed by atoms with E-state index in [-0.39, 0.29) is 12.1 Å². The average Bonchev–Trinajstić information content (AvgIpc) is 2.18. The zero-order valence-electron chi connectivity index (χ0n) is 8.41. The second-order valence-electron chi connectivity index (χ2n) is 4.01. The van der Waals surface area contributed by atoms with E-state index in [1.165, 1.54) is 19.3 Å². The average molecular weight is 187 g/mol. The maximum absolute atomic E-state index is 9.87. The van der Waals surface area contributed by atoms with Crippen LogP contribution in [-0.2, 0) is 4.74 Å². The topological polar surface area (TPSA) is 55.5 Å². The molecule has 1 fully saturated rings. The van der Waals surface area contributed by atoms with Gasteiger partial charge in [-0.15, -0.1) is 0 Å². The summed E-state index contributed by atoms with van der Waals surface area (Å²) in [4.78, 5) is 0. The van der Waals surface area contributed by atoms with Gasteiger partial charge in [0.05, 0.1) is 18.8 Å². The number of ether oxygens (including phenoxy) is 1. The third kappa shape index (κ3) is 3.25. The molecule has 1 aliphatic rings. The predicted octanol–water partition coefficient (Wildman–Crippen LogP) is 0.901. The third-order valence-corrected chi connectivity index (χ3v) is 2.93. The molecule has 0 aromatic rings. The van der Waals surface area contributed by atoms with Crippen LogP contribution in [0.4, 0.5) is 0 Å². The molecule has 0 amide bonds. The van der Waals surface area contributed by atoms with Crippen LogP contribution in [0.3, 0.4) is 0 Å². The molecule has 1 saturated carbocycles. The second-order valence-corrected chi connectivity index (χ2v) is 4.01. The van der Waals surface area contributed by atoms with E-state index in [2.05, 4.69) is 0 Å². The second kappa shape index (κ2) is 5.58. The number of rotatable bonds is 4. The largest absolute Gasteiger partial charge is 0.391 e.